The second-order valence-electron chi connectivity index (χ2n) is 6.76. The number of anilines is 1. The van der Waals surface area contributed by atoms with Gasteiger partial charge in [0.05, 0.1) is 6.33 Å². The van der Waals surface area contributed by atoms with Crippen LogP contribution in [0.15, 0.2) is 76.6 Å². The fraction of sp³-hybridized carbons (Fsp3) is 0.273. The number of rotatable bonds is 10. The van der Waals surface area contributed by atoms with Crippen molar-refractivity contribution in [3.63, 3.8) is 0 Å². The highest BCUT2D eigenvalue weighted by atomic mass is 79.9. The largest absolute Gasteiger partial charge is 0.370 e. The van der Waals surface area contributed by atoms with Gasteiger partial charge < -0.3 is 20.9 Å². The molecule has 0 unspecified atom stereocenters. The van der Waals surface area contributed by atoms with Crippen LogP contribution in [0.2, 0.25) is 0 Å². The Kier molecular flexibility index (Phi) is 15.7. The van der Waals surface area contributed by atoms with E-state index in [1.165, 1.54) is 11.3 Å². The van der Waals surface area contributed by atoms with Crippen LogP contribution in [0.1, 0.15) is 17.7 Å². The van der Waals surface area contributed by atoms with Gasteiger partial charge >= 0.3 is 0 Å². The molecule has 10 heteroatoms. The van der Waals surface area contributed by atoms with Crippen molar-refractivity contribution in [3.05, 3.63) is 82.9 Å². The third-order valence-electron chi connectivity index (χ3n) is 4.54. The monoisotopic (exact) mass is 562 g/mol. The number of halogens is 4. The lowest BCUT2D eigenvalue weighted by atomic mass is 10.2. The van der Waals surface area contributed by atoms with Gasteiger partial charge in [-0.3, -0.25) is 4.99 Å². The lowest BCUT2D eigenvalue weighted by Gasteiger charge is -2.25. The molecule has 0 saturated carbocycles. The van der Waals surface area contributed by atoms with Crippen molar-refractivity contribution < 1.29 is 0 Å². The molecule has 3 aromatic rings. The Hall–Kier alpha value is -1.93. The van der Waals surface area contributed by atoms with Gasteiger partial charge in [0.1, 0.15) is 0 Å². The van der Waals surface area contributed by atoms with E-state index in [1.54, 1.807) is 6.33 Å². The normalized spacial score (nSPS) is 10.3. The summed E-state index contributed by atoms with van der Waals surface area (Å²) in [6.07, 6.45) is 5.39. The first kappa shape index (κ1) is 30.1. The molecule has 3 rings (SSSR count). The van der Waals surface area contributed by atoms with Gasteiger partial charge in [0.2, 0.25) is 0 Å². The number of aliphatic imine (C=N–C) groups is 1. The molecule has 0 radical (unpaired) electrons. The molecule has 6 nitrogen and oxygen atoms in total. The summed E-state index contributed by atoms with van der Waals surface area (Å²) in [5.74, 6) is 0.491. The Labute approximate surface area is 216 Å². The number of H-pyrrole nitrogens is 1. The number of nitrogens with one attached hydrogen (secondary N) is 2. The Bertz CT molecular complexity index is 876. The van der Waals surface area contributed by atoms with Gasteiger partial charge in [-0.25, -0.2) is 4.98 Å². The van der Waals surface area contributed by atoms with Crippen LogP contribution in [0.4, 0.5) is 5.69 Å². The maximum atomic E-state index is 6.02. The molecule has 4 N–H and O–H groups in total. The molecule has 0 spiro atoms. The molecular weight excluding hydrogens is 535 g/mol. The molecule has 176 valence electrons. The first-order valence-corrected chi connectivity index (χ1v) is 10.6. The van der Waals surface area contributed by atoms with Crippen LogP contribution in [0.5, 0.6) is 0 Å². The second kappa shape index (κ2) is 16.7. The minimum Gasteiger partial charge on any atom is -0.370 e. The number of aryl methyl sites for hydroxylation is 1. The van der Waals surface area contributed by atoms with E-state index in [-0.39, 0.29) is 37.2 Å². The van der Waals surface area contributed by atoms with E-state index in [1.807, 2.05) is 12.3 Å². The van der Waals surface area contributed by atoms with Crippen LogP contribution in [0.3, 0.4) is 0 Å². The summed E-state index contributed by atoms with van der Waals surface area (Å²) in [6.45, 7) is 3.07. The Morgan fingerprint density at radius 3 is 2.44 bits per heavy atom. The molecule has 0 saturated heterocycles. The fourth-order valence-corrected chi connectivity index (χ4v) is 3.28. The summed E-state index contributed by atoms with van der Waals surface area (Å²) in [5.41, 5.74) is 9.60. The standard InChI is InChI=1S/C22H27BrN6.3ClH/c23-19-8-10-21(11-9-19)29(16-18-5-2-1-3-6-18)14-13-27-22(24)26-12-4-7-20-15-25-17-28-20;;;/h1-3,5-6,8-11,15,17H,4,7,12-14,16H2,(H,25,28)(H3,24,26,27);3*1H. The van der Waals surface area contributed by atoms with E-state index in [2.05, 4.69) is 89.6 Å². The molecule has 0 aliphatic heterocycles. The first-order valence-electron chi connectivity index (χ1n) is 9.76. The van der Waals surface area contributed by atoms with Crippen molar-refractivity contribution in [2.75, 3.05) is 24.5 Å². The van der Waals surface area contributed by atoms with Crippen LogP contribution >= 0.6 is 53.2 Å². The summed E-state index contributed by atoms with van der Waals surface area (Å²) >= 11 is 3.51. The predicted octanol–water partition coefficient (Wildman–Crippen LogP) is 4.98. The van der Waals surface area contributed by atoms with Crippen molar-refractivity contribution in [1.82, 2.24) is 15.3 Å². The molecule has 32 heavy (non-hydrogen) atoms. The zero-order valence-corrected chi connectivity index (χ0v) is 21.7. The number of hydrogen-bond acceptors (Lipinski definition) is 3. The van der Waals surface area contributed by atoms with Crippen molar-refractivity contribution in [3.8, 4) is 0 Å². The van der Waals surface area contributed by atoms with Crippen LogP contribution in [0, 0.1) is 0 Å². The lowest BCUT2D eigenvalue weighted by molar-refractivity contribution is 0.747. The Balaban J connectivity index is 0.00000320. The zero-order valence-electron chi connectivity index (χ0n) is 17.6. The van der Waals surface area contributed by atoms with Crippen molar-refractivity contribution in [2.24, 2.45) is 10.7 Å². The Morgan fingerprint density at radius 1 is 1.06 bits per heavy atom. The highest BCUT2D eigenvalue weighted by Crippen LogP contribution is 2.20. The topological polar surface area (TPSA) is 82.3 Å². The molecule has 2 aromatic carbocycles. The maximum absolute atomic E-state index is 6.02. The van der Waals surface area contributed by atoms with Crippen molar-refractivity contribution >= 4 is 64.8 Å². The van der Waals surface area contributed by atoms with Gasteiger partial charge in [-0.2, -0.15) is 0 Å². The van der Waals surface area contributed by atoms with Gasteiger partial charge in [0.15, 0.2) is 5.96 Å². The average molecular weight is 565 g/mol. The van der Waals surface area contributed by atoms with E-state index in [0.29, 0.717) is 12.5 Å². The SMILES string of the molecule is Cl.Cl.Cl.NC(=NCCCc1cnc[nH]1)NCCN(Cc1ccccc1)c1ccc(Br)cc1. The molecule has 0 aliphatic rings. The first-order chi connectivity index (χ1) is 14.2. The third-order valence-corrected chi connectivity index (χ3v) is 5.07. The van der Waals surface area contributed by atoms with E-state index in [4.69, 9.17) is 5.73 Å². The van der Waals surface area contributed by atoms with E-state index in [9.17, 15) is 0 Å². The van der Waals surface area contributed by atoms with E-state index in [0.717, 1.165) is 42.6 Å². The highest BCUT2D eigenvalue weighted by Gasteiger charge is 2.08. The summed E-state index contributed by atoms with van der Waals surface area (Å²) in [7, 11) is 0. The number of guanidine groups is 1. The maximum Gasteiger partial charge on any atom is 0.188 e. The molecular formula is C22H30BrCl3N6. The van der Waals surface area contributed by atoms with Gasteiger partial charge in [0.25, 0.3) is 0 Å². The molecule has 0 atom stereocenters. The predicted molar refractivity (Wildman–Crippen MR) is 145 cm³/mol. The molecule has 1 heterocycles. The highest BCUT2D eigenvalue weighted by molar-refractivity contribution is 9.10. The summed E-state index contributed by atoms with van der Waals surface area (Å²) in [5, 5.41) is 3.23. The number of hydrogen-bond donors (Lipinski definition) is 3. The number of nitrogens with two attached hydrogens (primary N) is 1. The lowest BCUT2D eigenvalue weighted by Crippen LogP contribution is -2.38. The van der Waals surface area contributed by atoms with Crippen LogP contribution < -0.4 is 16.0 Å². The van der Waals surface area contributed by atoms with Crippen LogP contribution in [-0.2, 0) is 13.0 Å². The number of aromatic nitrogens is 2. The molecule has 0 bridgehead atoms. The van der Waals surface area contributed by atoms with Crippen molar-refractivity contribution in [2.45, 2.75) is 19.4 Å². The van der Waals surface area contributed by atoms with Crippen LogP contribution in [-0.4, -0.2) is 35.6 Å². The zero-order chi connectivity index (χ0) is 20.3. The summed E-state index contributed by atoms with van der Waals surface area (Å²) < 4.78 is 1.07. The molecule has 0 fully saturated rings. The average Bonchev–Trinajstić information content (AvgIpc) is 3.25. The molecule has 0 aliphatic carbocycles. The van der Waals surface area contributed by atoms with Gasteiger partial charge in [-0.05, 0) is 42.7 Å². The number of imidazole rings is 1. The number of aromatic amines is 1. The minimum atomic E-state index is 0. The van der Waals surface area contributed by atoms with E-state index < -0.39 is 0 Å². The fourth-order valence-electron chi connectivity index (χ4n) is 3.02. The third kappa shape index (κ3) is 10.6. The quantitative estimate of drug-likeness (QED) is 0.184. The van der Waals surface area contributed by atoms with Gasteiger partial charge in [-0.15, -0.1) is 37.2 Å². The van der Waals surface area contributed by atoms with Crippen molar-refractivity contribution in [1.29, 1.82) is 0 Å². The molecule has 0 amide bonds. The number of nitrogens with zero attached hydrogens (tertiary/aromatic N) is 3. The smallest absolute Gasteiger partial charge is 0.188 e. The van der Waals surface area contributed by atoms with Crippen LogP contribution in [0.25, 0.3) is 0 Å². The van der Waals surface area contributed by atoms with Gasteiger partial charge in [0, 0.05) is 48.2 Å². The summed E-state index contributed by atoms with van der Waals surface area (Å²) in [4.78, 5) is 13.9. The summed E-state index contributed by atoms with van der Waals surface area (Å²) in [6, 6.07) is 18.9. The second-order valence-corrected chi connectivity index (χ2v) is 7.67. The minimum absolute atomic E-state index is 0. The Morgan fingerprint density at radius 2 is 1.78 bits per heavy atom. The van der Waals surface area contributed by atoms with E-state index >= 15 is 0 Å². The molecule has 1 aromatic heterocycles. The van der Waals surface area contributed by atoms with Gasteiger partial charge in [-0.1, -0.05) is 46.3 Å². The number of benzene rings is 2.